The van der Waals surface area contributed by atoms with Gasteiger partial charge in [-0.1, -0.05) is 30.0 Å². The summed E-state index contributed by atoms with van der Waals surface area (Å²) in [5.41, 5.74) is 6.79. The van der Waals surface area contributed by atoms with Gasteiger partial charge < -0.3 is 25.6 Å². The Bertz CT molecular complexity index is 1530. The number of amides is 3. The lowest BCUT2D eigenvalue weighted by Gasteiger charge is -2.36. The number of pyridine rings is 1. The first-order valence-corrected chi connectivity index (χ1v) is 13.5. The number of carbonyl (C=O) groups excluding carboxylic acids is 3. The highest BCUT2D eigenvalue weighted by atomic mass is 19.1. The standard InChI is InChI=1S/C31H31FN6O4/c1-42-26-7-6-24-19-38(29(40)27(24)28(26)32)20-31(21-39,35-30(33)41)11-8-22-2-4-23(5-3-22)18-36-14-16-37(17-15-36)25-9-12-34-13-10-25/h2-7,9-10,12-13,21H,14-20H2,1H3,(H3,33,35,41)/t31-/m1/s1. The number of ether oxygens (including phenoxy) is 1. The third-order valence-electron chi connectivity index (χ3n) is 7.45. The Labute approximate surface area is 243 Å². The molecule has 0 radical (unpaired) electrons. The highest BCUT2D eigenvalue weighted by Gasteiger charge is 2.39. The summed E-state index contributed by atoms with van der Waals surface area (Å²) in [6.07, 6.45) is 4.05. The van der Waals surface area contributed by atoms with Crippen LogP contribution in [0.2, 0.25) is 0 Å². The molecule has 1 fully saturated rings. The lowest BCUT2D eigenvalue weighted by Crippen LogP contribution is -2.57. The number of benzene rings is 2. The number of aldehydes is 1. The van der Waals surface area contributed by atoms with Gasteiger partial charge in [0, 0.05) is 62.9 Å². The highest BCUT2D eigenvalue weighted by Crippen LogP contribution is 2.31. The molecule has 3 amide bonds. The minimum atomic E-state index is -1.79. The fourth-order valence-corrected chi connectivity index (χ4v) is 5.26. The number of methoxy groups -OCH3 is 1. The Hall–Kier alpha value is -4.95. The Balaban J connectivity index is 1.25. The fraction of sp³-hybridized carbons (Fsp3) is 0.290. The predicted octanol–water partition coefficient (Wildman–Crippen LogP) is 2.17. The molecule has 0 unspecified atom stereocenters. The number of rotatable bonds is 8. The summed E-state index contributed by atoms with van der Waals surface area (Å²) in [6.45, 7) is 4.24. The lowest BCUT2D eigenvalue weighted by molar-refractivity contribution is -0.111. The van der Waals surface area contributed by atoms with Crippen LogP contribution in [-0.4, -0.2) is 78.4 Å². The zero-order chi connectivity index (χ0) is 29.7. The van der Waals surface area contributed by atoms with Gasteiger partial charge in [0.15, 0.2) is 23.4 Å². The molecule has 10 nitrogen and oxygen atoms in total. The van der Waals surface area contributed by atoms with Crippen molar-refractivity contribution in [2.45, 2.75) is 18.6 Å². The minimum Gasteiger partial charge on any atom is -0.494 e. The first-order valence-electron chi connectivity index (χ1n) is 13.5. The van der Waals surface area contributed by atoms with Crippen LogP contribution in [0.4, 0.5) is 14.9 Å². The van der Waals surface area contributed by atoms with E-state index >= 15 is 0 Å². The zero-order valence-corrected chi connectivity index (χ0v) is 23.2. The zero-order valence-electron chi connectivity index (χ0n) is 23.2. The first kappa shape index (κ1) is 28.6. The van der Waals surface area contributed by atoms with Crippen molar-refractivity contribution >= 4 is 23.9 Å². The second kappa shape index (κ2) is 12.3. The summed E-state index contributed by atoms with van der Waals surface area (Å²) >= 11 is 0. The number of carbonyl (C=O) groups is 3. The third-order valence-corrected chi connectivity index (χ3v) is 7.45. The Kier molecular flexibility index (Phi) is 8.36. The highest BCUT2D eigenvalue weighted by molar-refractivity contribution is 5.99. The molecule has 0 spiro atoms. The van der Waals surface area contributed by atoms with Crippen molar-refractivity contribution in [3.8, 4) is 17.6 Å². The molecule has 3 aromatic rings. The van der Waals surface area contributed by atoms with Crippen LogP contribution in [0, 0.1) is 17.7 Å². The van der Waals surface area contributed by atoms with Gasteiger partial charge in [-0.3, -0.25) is 19.5 Å². The molecule has 1 saturated heterocycles. The molecule has 1 atom stereocenters. The normalized spacial score (nSPS) is 16.2. The molecule has 3 heterocycles. The number of urea groups is 1. The molecular formula is C31H31FN6O4. The molecule has 1 aromatic heterocycles. The van der Waals surface area contributed by atoms with Crippen molar-refractivity contribution < 1.29 is 23.5 Å². The number of hydrogen-bond donors (Lipinski definition) is 2. The largest absolute Gasteiger partial charge is 0.494 e. The van der Waals surface area contributed by atoms with Crippen LogP contribution in [0.3, 0.4) is 0 Å². The van der Waals surface area contributed by atoms with Gasteiger partial charge in [0.05, 0.1) is 19.2 Å². The van der Waals surface area contributed by atoms with Crippen molar-refractivity contribution in [3.05, 3.63) is 89.0 Å². The molecular weight excluding hydrogens is 539 g/mol. The topological polar surface area (TPSA) is 121 Å². The van der Waals surface area contributed by atoms with E-state index in [1.54, 1.807) is 18.5 Å². The number of halogens is 1. The third kappa shape index (κ3) is 6.19. The summed E-state index contributed by atoms with van der Waals surface area (Å²) in [5.74, 6) is 4.26. The SMILES string of the molecule is COc1ccc2c(c1F)C(=O)N(C[C@](C#Cc1ccc(CN3CCN(c4ccncc4)CC3)cc1)(C=O)NC(N)=O)C2. The van der Waals surface area contributed by atoms with E-state index in [1.165, 1.54) is 23.8 Å². The van der Waals surface area contributed by atoms with Gasteiger partial charge in [0.1, 0.15) is 0 Å². The predicted molar refractivity (Wildman–Crippen MR) is 154 cm³/mol. The van der Waals surface area contributed by atoms with Crippen LogP contribution in [0.25, 0.3) is 0 Å². The van der Waals surface area contributed by atoms with Crippen LogP contribution >= 0.6 is 0 Å². The number of piperazine rings is 1. The first-order chi connectivity index (χ1) is 20.3. The van der Waals surface area contributed by atoms with Crippen LogP contribution in [0.15, 0.2) is 60.9 Å². The number of nitrogens with one attached hydrogen (secondary N) is 1. The van der Waals surface area contributed by atoms with Crippen molar-refractivity contribution in [1.29, 1.82) is 0 Å². The minimum absolute atomic E-state index is 0.0400. The number of fused-ring (bicyclic) bond motifs is 1. The Morgan fingerprint density at radius 1 is 1.12 bits per heavy atom. The summed E-state index contributed by atoms with van der Waals surface area (Å²) < 4.78 is 19.8. The molecule has 2 aliphatic rings. The fourth-order valence-electron chi connectivity index (χ4n) is 5.26. The number of hydrogen-bond acceptors (Lipinski definition) is 7. The van der Waals surface area contributed by atoms with Gasteiger partial charge in [0.25, 0.3) is 5.91 Å². The lowest BCUT2D eigenvalue weighted by atomic mass is 10.0. The molecule has 11 heteroatoms. The van der Waals surface area contributed by atoms with E-state index in [-0.39, 0.29) is 24.4 Å². The average molecular weight is 571 g/mol. The number of nitrogens with zero attached hydrogens (tertiary/aromatic N) is 4. The smallest absolute Gasteiger partial charge is 0.313 e. The maximum Gasteiger partial charge on any atom is 0.313 e. The van der Waals surface area contributed by atoms with Gasteiger partial charge in [-0.15, -0.1) is 0 Å². The number of aromatic nitrogens is 1. The van der Waals surface area contributed by atoms with Crippen LogP contribution in [0.1, 0.15) is 27.0 Å². The van der Waals surface area contributed by atoms with E-state index in [9.17, 15) is 18.8 Å². The molecule has 2 aliphatic heterocycles. The van der Waals surface area contributed by atoms with E-state index in [4.69, 9.17) is 10.5 Å². The van der Waals surface area contributed by atoms with Crippen LogP contribution in [0.5, 0.6) is 5.75 Å². The van der Waals surface area contributed by atoms with Gasteiger partial charge in [-0.2, -0.15) is 0 Å². The molecule has 0 saturated carbocycles. The van der Waals surface area contributed by atoms with Gasteiger partial charge in [0.2, 0.25) is 0 Å². The molecule has 42 heavy (non-hydrogen) atoms. The van der Waals surface area contributed by atoms with E-state index in [0.717, 1.165) is 38.3 Å². The van der Waals surface area contributed by atoms with Crippen molar-refractivity contribution in [3.63, 3.8) is 0 Å². The van der Waals surface area contributed by atoms with Crippen LogP contribution < -0.4 is 20.7 Å². The summed E-state index contributed by atoms with van der Waals surface area (Å²) in [7, 11) is 1.31. The molecule has 3 N–H and O–H groups in total. The van der Waals surface area contributed by atoms with E-state index in [0.29, 0.717) is 17.4 Å². The molecule has 0 bridgehead atoms. The van der Waals surface area contributed by atoms with Crippen molar-refractivity contribution in [2.75, 3.05) is 44.7 Å². The molecule has 216 valence electrons. The number of primary amides is 1. The Morgan fingerprint density at radius 2 is 1.83 bits per heavy atom. The summed E-state index contributed by atoms with van der Waals surface area (Å²) in [4.78, 5) is 47.2. The van der Waals surface area contributed by atoms with Crippen LogP contribution in [-0.2, 0) is 17.9 Å². The van der Waals surface area contributed by atoms with Gasteiger partial charge >= 0.3 is 6.03 Å². The maximum absolute atomic E-state index is 14.8. The number of nitrogens with two attached hydrogens (primary N) is 1. The maximum atomic E-state index is 14.8. The van der Waals surface area contributed by atoms with E-state index in [1.807, 2.05) is 36.4 Å². The quantitative estimate of drug-likeness (QED) is 0.315. The van der Waals surface area contributed by atoms with Gasteiger partial charge in [-0.05, 0) is 41.5 Å². The Morgan fingerprint density at radius 3 is 2.48 bits per heavy atom. The monoisotopic (exact) mass is 570 g/mol. The molecule has 2 aromatic carbocycles. The molecule has 5 rings (SSSR count). The van der Waals surface area contributed by atoms with Gasteiger partial charge in [-0.25, -0.2) is 9.18 Å². The van der Waals surface area contributed by atoms with Crippen molar-refractivity contribution in [2.24, 2.45) is 5.73 Å². The van der Waals surface area contributed by atoms with E-state index in [2.05, 4.69) is 31.9 Å². The second-order valence-corrected chi connectivity index (χ2v) is 10.3. The average Bonchev–Trinajstić information content (AvgIpc) is 3.32. The summed E-state index contributed by atoms with van der Waals surface area (Å²) in [6, 6.07) is 13.7. The molecule has 0 aliphatic carbocycles. The number of anilines is 1. The summed E-state index contributed by atoms with van der Waals surface area (Å²) in [5, 5.41) is 2.38. The van der Waals surface area contributed by atoms with Crippen molar-refractivity contribution in [1.82, 2.24) is 20.1 Å². The second-order valence-electron chi connectivity index (χ2n) is 10.3. The van der Waals surface area contributed by atoms with E-state index < -0.39 is 23.3 Å².